The van der Waals surface area contributed by atoms with E-state index >= 15 is 0 Å². The van der Waals surface area contributed by atoms with E-state index in [4.69, 9.17) is 9.15 Å². The third-order valence-corrected chi connectivity index (χ3v) is 4.03. The Hall–Kier alpha value is -3.35. The molecule has 0 spiro atoms. The number of nitrogens with zero attached hydrogens (tertiary/aromatic N) is 1. The minimum atomic E-state index is -0.550. The van der Waals surface area contributed by atoms with Gasteiger partial charge in [0.1, 0.15) is 0 Å². The fraction of sp³-hybridized carbons (Fsp3) is 0.250. The third kappa shape index (κ3) is 3.92. The second-order valence-corrected chi connectivity index (χ2v) is 5.96. The molecule has 0 atom stereocenters. The SMILES string of the molecule is CCCOC(=O)c1cccc(Cn2c(=O)oc3cc(C(=O)OC)ccc32)c1. The Balaban J connectivity index is 1.91. The van der Waals surface area contributed by atoms with Crippen LogP contribution >= 0.6 is 0 Å². The molecule has 0 amide bonds. The van der Waals surface area contributed by atoms with Crippen LogP contribution in [-0.4, -0.2) is 30.2 Å². The smallest absolute Gasteiger partial charge is 0.420 e. The second kappa shape index (κ2) is 7.90. The Morgan fingerprint density at radius 1 is 1.07 bits per heavy atom. The zero-order chi connectivity index (χ0) is 19.4. The molecule has 1 aromatic heterocycles. The van der Waals surface area contributed by atoms with Crippen molar-refractivity contribution in [2.24, 2.45) is 0 Å². The Morgan fingerprint density at radius 3 is 2.59 bits per heavy atom. The Labute approximate surface area is 155 Å². The van der Waals surface area contributed by atoms with Gasteiger partial charge in [-0.1, -0.05) is 19.1 Å². The van der Waals surface area contributed by atoms with E-state index in [0.717, 1.165) is 12.0 Å². The summed E-state index contributed by atoms with van der Waals surface area (Å²) < 4.78 is 16.5. The van der Waals surface area contributed by atoms with Gasteiger partial charge < -0.3 is 13.9 Å². The minimum absolute atomic E-state index is 0.221. The van der Waals surface area contributed by atoms with Crippen molar-refractivity contribution < 1.29 is 23.5 Å². The predicted molar refractivity (Wildman–Crippen MR) is 97.9 cm³/mol. The summed E-state index contributed by atoms with van der Waals surface area (Å²) in [6.07, 6.45) is 0.745. The highest BCUT2D eigenvalue weighted by Gasteiger charge is 2.14. The van der Waals surface area contributed by atoms with E-state index < -0.39 is 17.7 Å². The first-order valence-electron chi connectivity index (χ1n) is 8.51. The molecule has 3 rings (SSSR count). The molecule has 0 aliphatic carbocycles. The number of benzene rings is 2. The van der Waals surface area contributed by atoms with Crippen molar-refractivity contribution in [3.63, 3.8) is 0 Å². The van der Waals surface area contributed by atoms with Gasteiger partial charge in [-0.25, -0.2) is 14.4 Å². The zero-order valence-corrected chi connectivity index (χ0v) is 15.1. The van der Waals surface area contributed by atoms with Crippen LogP contribution in [0, 0.1) is 0 Å². The van der Waals surface area contributed by atoms with E-state index in [1.165, 1.54) is 17.7 Å². The molecule has 3 aromatic rings. The molecular weight excluding hydrogens is 350 g/mol. The molecule has 0 radical (unpaired) electrons. The maximum absolute atomic E-state index is 12.2. The van der Waals surface area contributed by atoms with E-state index in [9.17, 15) is 14.4 Å². The number of ether oxygens (including phenoxy) is 2. The number of carbonyl (C=O) groups is 2. The van der Waals surface area contributed by atoms with E-state index in [2.05, 4.69) is 4.74 Å². The van der Waals surface area contributed by atoms with Crippen LogP contribution in [0.25, 0.3) is 11.1 Å². The van der Waals surface area contributed by atoms with Crippen LogP contribution < -0.4 is 5.76 Å². The number of hydrogen-bond donors (Lipinski definition) is 0. The monoisotopic (exact) mass is 369 g/mol. The first-order chi connectivity index (χ1) is 13.0. The van der Waals surface area contributed by atoms with Crippen molar-refractivity contribution in [3.8, 4) is 0 Å². The number of esters is 2. The van der Waals surface area contributed by atoms with Gasteiger partial charge in [0.15, 0.2) is 5.58 Å². The summed E-state index contributed by atoms with van der Waals surface area (Å²) in [4.78, 5) is 35.9. The summed E-state index contributed by atoms with van der Waals surface area (Å²) in [5, 5.41) is 0. The lowest BCUT2D eigenvalue weighted by Crippen LogP contribution is -2.15. The fourth-order valence-electron chi connectivity index (χ4n) is 2.72. The lowest BCUT2D eigenvalue weighted by atomic mass is 10.1. The zero-order valence-electron chi connectivity index (χ0n) is 15.1. The van der Waals surface area contributed by atoms with Crippen molar-refractivity contribution in [2.45, 2.75) is 19.9 Å². The molecule has 2 aromatic carbocycles. The lowest BCUT2D eigenvalue weighted by molar-refractivity contribution is 0.0504. The summed E-state index contributed by atoms with van der Waals surface area (Å²) >= 11 is 0. The summed E-state index contributed by atoms with van der Waals surface area (Å²) in [5.74, 6) is -1.46. The Kier molecular flexibility index (Phi) is 5.40. The molecule has 0 saturated carbocycles. The Morgan fingerprint density at radius 2 is 1.85 bits per heavy atom. The quantitative estimate of drug-likeness (QED) is 0.621. The van der Waals surface area contributed by atoms with Crippen LogP contribution in [0.2, 0.25) is 0 Å². The summed E-state index contributed by atoms with van der Waals surface area (Å²) in [7, 11) is 1.28. The molecule has 7 nitrogen and oxygen atoms in total. The van der Waals surface area contributed by atoms with Gasteiger partial charge in [0, 0.05) is 0 Å². The molecule has 0 bridgehead atoms. The number of carbonyl (C=O) groups excluding carboxylic acids is 2. The first kappa shape index (κ1) is 18.4. The van der Waals surface area contributed by atoms with Gasteiger partial charge in [-0.2, -0.15) is 0 Å². The van der Waals surface area contributed by atoms with Crippen molar-refractivity contribution in [2.75, 3.05) is 13.7 Å². The van der Waals surface area contributed by atoms with Crippen LogP contribution in [0.15, 0.2) is 51.7 Å². The van der Waals surface area contributed by atoms with Gasteiger partial charge >= 0.3 is 17.7 Å². The average Bonchev–Trinajstić information content (AvgIpc) is 3.00. The molecule has 1 heterocycles. The number of methoxy groups -OCH3 is 1. The van der Waals surface area contributed by atoms with Crippen LogP contribution in [0.3, 0.4) is 0 Å². The molecule has 0 aliphatic heterocycles. The maximum Gasteiger partial charge on any atom is 0.420 e. The fourth-order valence-corrected chi connectivity index (χ4v) is 2.72. The van der Waals surface area contributed by atoms with E-state index in [0.29, 0.717) is 28.8 Å². The molecule has 0 saturated heterocycles. The van der Waals surface area contributed by atoms with Crippen molar-refractivity contribution >= 4 is 23.0 Å². The number of fused-ring (bicyclic) bond motifs is 1. The maximum atomic E-state index is 12.2. The highest BCUT2D eigenvalue weighted by atomic mass is 16.5. The molecule has 0 unspecified atom stereocenters. The van der Waals surface area contributed by atoms with E-state index in [1.54, 1.807) is 30.3 Å². The summed E-state index contributed by atoms with van der Waals surface area (Å²) in [5.41, 5.74) is 2.32. The van der Waals surface area contributed by atoms with Crippen LogP contribution in [0.5, 0.6) is 0 Å². The van der Waals surface area contributed by atoms with Crippen LogP contribution in [-0.2, 0) is 16.0 Å². The standard InChI is InChI=1S/C20H19NO6/c1-3-9-26-19(23)14-6-4-5-13(10-14)12-21-16-8-7-15(18(22)25-2)11-17(16)27-20(21)24/h4-8,10-11H,3,9,12H2,1-2H3. The molecule has 140 valence electrons. The van der Waals surface area contributed by atoms with Crippen LogP contribution in [0.4, 0.5) is 0 Å². The van der Waals surface area contributed by atoms with Gasteiger partial charge in [-0.15, -0.1) is 0 Å². The third-order valence-electron chi connectivity index (χ3n) is 4.03. The van der Waals surface area contributed by atoms with E-state index in [-0.39, 0.29) is 6.54 Å². The number of aromatic nitrogens is 1. The van der Waals surface area contributed by atoms with Gasteiger partial charge in [-0.3, -0.25) is 4.57 Å². The van der Waals surface area contributed by atoms with E-state index in [1.807, 2.05) is 13.0 Å². The molecular formula is C20H19NO6. The van der Waals surface area contributed by atoms with Gasteiger partial charge in [0.05, 0.1) is 36.9 Å². The number of oxazole rings is 1. The minimum Gasteiger partial charge on any atom is -0.465 e. The second-order valence-electron chi connectivity index (χ2n) is 5.96. The molecule has 0 N–H and O–H groups in total. The molecule has 27 heavy (non-hydrogen) atoms. The topological polar surface area (TPSA) is 87.7 Å². The molecule has 7 heteroatoms. The average molecular weight is 369 g/mol. The highest BCUT2D eigenvalue weighted by molar-refractivity contribution is 5.93. The highest BCUT2D eigenvalue weighted by Crippen LogP contribution is 2.18. The van der Waals surface area contributed by atoms with Crippen molar-refractivity contribution in [1.29, 1.82) is 0 Å². The van der Waals surface area contributed by atoms with Crippen molar-refractivity contribution in [3.05, 3.63) is 69.7 Å². The molecule has 0 fully saturated rings. The van der Waals surface area contributed by atoms with Crippen LogP contribution in [0.1, 0.15) is 39.6 Å². The molecule has 0 aliphatic rings. The Bertz CT molecular complexity index is 1050. The normalized spacial score (nSPS) is 10.7. The van der Waals surface area contributed by atoms with Gasteiger partial charge in [0.2, 0.25) is 0 Å². The van der Waals surface area contributed by atoms with Gasteiger partial charge in [-0.05, 0) is 42.3 Å². The summed E-state index contributed by atoms with van der Waals surface area (Å²) in [6, 6.07) is 11.6. The lowest BCUT2D eigenvalue weighted by Gasteiger charge is -2.07. The largest absolute Gasteiger partial charge is 0.465 e. The number of hydrogen-bond acceptors (Lipinski definition) is 6. The number of rotatable bonds is 6. The van der Waals surface area contributed by atoms with Gasteiger partial charge in [0.25, 0.3) is 0 Å². The first-order valence-corrected chi connectivity index (χ1v) is 8.51. The van der Waals surface area contributed by atoms with Crippen molar-refractivity contribution in [1.82, 2.24) is 4.57 Å². The summed E-state index contributed by atoms with van der Waals surface area (Å²) in [6.45, 7) is 2.50. The predicted octanol–water partition coefficient (Wildman–Crippen LogP) is 3.00.